The van der Waals surface area contributed by atoms with Crippen molar-refractivity contribution in [2.75, 3.05) is 6.54 Å². The minimum atomic E-state index is -1.07. The first-order valence-electron chi connectivity index (χ1n) is 19.7. The number of nitrogens with one attached hydrogen (secondary N) is 3. The van der Waals surface area contributed by atoms with Crippen LogP contribution in [0.2, 0.25) is 0 Å². The first kappa shape index (κ1) is 40.2. The molecule has 54 heavy (non-hydrogen) atoms. The van der Waals surface area contributed by atoms with Gasteiger partial charge in [0.25, 0.3) is 0 Å². The minimum Gasteiger partial charge on any atom is -0.390 e. The van der Waals surface area contributed by atoms with E-state index in [2.05, 4.69) is 82.9 Å². The quantitative estimate of drug-likeness (QED) is 0.0661. The molecule has 4 N–H and O–H groups in total. The molecule has 0 spiro atoms. The second-order valence-electron chi connectivity index (χ2n) is 15.3. The molecule has 3 amide bonds. The fourth-order valence-corrected chi connectivity index (χ4v) is 7.23. The van der Waals surface area contributed by atoms with E-state index in [9.17, 15) is 19.5 Å². The normalized spacial score (nSPS) is 13.8. The maximum absolute atomic E-state index is 14.6. The summed E-state index contributed by atoms with van der Waals surface area (Å²) in [6, 6.07) is 31.3. The highest BCUT2D eigenvalue weighted by Crippen LogP contribution is 2.27. The molecule has 4 atom stereocenters. The van der Waals surface area contributed by atoms with Gasteiger partial charge in [0, 0.05) is 31.4 Å². The SMILES string of the molecule is CCC(C)CNC(=O)C[C@H](O)C(CC(C)C)NC(=O)C(CCCn1cccc1)NC(=O)C(Cc1cccc2ccccc12)Cc1cccc2ccccc12. The lowest BCUT2D eigenvalue weighted by molar-refractivity contribution is -0.132. The van der Waals surface area contributed by atoms with Crippen LogP contribution in [-0.4, -0.2) is 52.1 Å². The Balaban J connectivity index is 1.40. The number of fused-ring (bicyclic) bond motifs is 2. The lowest BCUT2D eigenvalue weighted by Gasteiger charge is -2.29. The van der Waals surface area contributed by atoms with Gasteiger partial charge in [0.15, 0.2) is 0 Å². The summed E-state index contributed by atoms with van der Waals surface area (Å²) in [4.78, 5) is 41.7. The molecular weight excluding hydrogens is 673 g/mol. The lowest BCUT2D eigenvalue weighted by Crippen LogP contribution is -2.54. The number of nitrogens with zero attached hydrogens (tertiary/aromatic N) is 1. The second kappa shape index (κ2) is 19.9. The highest BCUT2D eigenvalue weighted by atomic mass is 16.3. The van der Waals surface area contributed by atoms with E-state index in [-0.39, 0.29) is 30.1 Å². The van der Waals surface area contributed by atoms with E-state index in [4.69, 9.17) is 0 Å². The summed E-state index contributed by atoms with van der Waals surface area (Å²) < 4.78 is 2.06. The summed E-state index contributed by atoms with van der Waals surface area (Å²) in [6.07, 6.45) is 6.26. The molecule has 0 aliphatic carbocycles. The van der Waals surface area contributed by atoms with Crippen LogP contribution >= 0.6 is 0 Å². The molecule has 8 heteroatoms. The van der Waals surface area contributed by atoms with Crippen molar-refractivity contribution in [3.63, 3.8) is 0 Å². The van der Waals surface area contributed by atoms with Gasteiger partial charge in [0.2, 0.25) is 17.7 Å². The summed E-state index contributed by atoms with van der Waals surface area (Å²) in [5, 5.41) is 24.9. The molecule has 1 heterocycles. The summed E-state index contributed by atoms with van der Waals surface area (Å²) >= 11 is 0. The summed E-state index contributed by atoms with van der Waals surface area (Å²) in [7, 11) is 0. The smallest absolute Gasteiger partial charge is 0.242 e. The molecule has 1 aromatic heterocycles. The average Bonchev–Trinajstić information content (AvgIpc) is 3.69. The second-order valence-corrected chi connectivity index (χ2v) is 15.3. The highest BCUT2D eigenvalue weighted by Gasteiger charge is 2.31. The highest BCUT2D eigenvalue weighted by molar-refractivity contribution is 5.91. The van der Waals surface area contributed by atoms with Crippen LogP contribution in [0, 0.1) is 17.8 Å². The Bertz CT molecular complexity index is 1860. The molecule has 4 aromatic carbocycles. The van der Waals surface area contributed by atoms with Gasteiger partial charge in [-0.3, -0.25) is 14.4 Å². The standard InChI is InChI=1S/C46H58N4O4/c1-5-33(4)31-47-44(52)30-43(51)42(27-32(2)3)49-46(54)41(23-14-26-50-24-10-11-25-50)48-45(53)38(28-36-19-12-17-34-15-6-8-21-39(34)36)29-37-20-13-18-35-16-7-9-22-40(35)37/h6-13,15-22,24-25,32-33,38,41-43,51H,5,14,23,26-31H2,1-4H3,(H,47,52)(H,48,53)(H,49,54)/t33?,41?,42?,43-/m0/s1. The zero-order valence-corrected chi connectivity index (χ0v) is 32.3. The van der Waals surface area contributed by atoms with Gasteiger partial charge in [-0.2, -0.15) is 0 Å². The predicted molar refractivity (Wildman–Crippen MR) is 219 cm³/mol. The summed E-state index contributed by atoms with van der Waals surface area (Å²) in [5.74, 6) is -0.768. The summed E-state index contributed by atoms with van der Waals surface area (Å²) in [6.45, 7) is 9.42. The molecule has 0 bridgehead atoms. The van der Waals surface area contributed by atoms with Gasteiger partial charge in [-0.15, -0.1) is 0 Å². The molecule has 0 saturated heterocycles. The molecule has 0 aliphatic rings. The number of aromatic nitrogens is 1. The van der Waals surface area contributed by atoms with Gasteiger partial charge in [0.05, 0.1) is 18.6 Å². The van der Waals surface area contributed by atoms with E-state index >= 15 is 0 Å². The zero-order valence-electron chi connectivity index (χ0n) is 32.3. The minimum absolute atomic E-state index is 0.114. The number of carbonyl (C=O) groups excluding carboxylic acids is 3. The van der Waals surface area contributed by atoms with Gasteiger partial charge < -0.3 is 25.6 Å². The Hall–Kier alpha value is -4.95. The van der Waals surface area contributed by atoms with Crippen LogP contribution < -0.4 is 16.0 Å². The van der Waals surface area contributed by atoms with Crippen molar-refractivity contribution in [2.24, 2.45) is 17.8 Å². The number of aryl methyl sites for hydroxylation is 1. The number of benzene rings is 4. The van der Waals surface area contributed by atoms with Gasteiger partial charge >= 0.3 is 0 Å². The molecule has 286 valence electrons. The van der Waals surface area contributed by atoms with Crippen molar-refractivity contribution in [2.45, 2.75) is 97.4 Å². The van der Waals surface area contributed by atoms with E-state index in [1.807, 2.05) is 74.8 Å². The van der Waals surface area contributed by atoms with Crippen LogP contribution in [-0.2, 0) is 33.8 Å². The number of carbonyl (C=O) groups is 3. The van der Waals surface area contributed by atoms with Crippen LogP contribution in [0.5, 0.6) is 0 Å². The number of aliphatic hydroxyl groups is 1. The molecule has 5 aromatic rings. The molecule has 0 radical (unpaired) electrons. The van der Waals surface area contributed by atoms with Crippen molar-refractivity contribution >= 4 is 39.3 Å². The first-order chi connectivity index (χ1) is 26.1. The van der Waals surface area contributed by atoms with Crippen LogP contribution in [0.4, 0.5) is 0 Å². The zero-order chi connectivity index (χ0) is 38.5. The Labute approximate surface area is 320 Å². The number of hydrogen-bond donors (Lipinski definition) is 4. The Kier molecular flexibility index (Phi) is 14.9. The van der Waals surface area contributed by atoms with Gasteiger partial charge in [0.1, 0.15) is 6.04 Å². The molecule has 8 nitrogen and oxygen atoms in total. The van der Waals surface area contributed by atoms with Gasteiger partial charge in [-0.25, -0.2) is 0 Å². The Morgan fingerprint density at radius 2 is 1.30 bits per heavy atom. The van der Waals surface area contributed by atoms with Gasteiger partial charge in [-0.05, 0) is 88.7 Å². The largest absolute Gasteiger partial charge is 0.390 e. The van der Waals surface area contributed by atoms with E-state index < -0.39 is 24.1 Å². The van der Waals surface area contributed by atoms with E-state index in [1.165, 1.54) is 0 Å². The maximum Gasteiger partial charge on any atom is 0.242 e. The van der Waals surface area contributed by atoms with Crippen molar-refractivity contribution in [3.05, 3.63) is 121 Å². The molecule has 0 aliphatic heterocycles. The van der Waals surface area contributed by atoms with Crippen LogP contribution in [0.15, 0.2) is 109 Å². The molecule has 0 fully saturated rings. The van der Waals surface area contributed by atoms with Crippen LogP contribution in [0.25, 0.3) is 21.5 Å². The third-order valence-corrected chi connectivity index (χ3v) is 10.5. The predicted octanol–water partition coefficient (Wildman–Crippen LogP) is 7.61. The fourth-order valence-electron chi connectivity index (χ4n) is 7.23. The van der Waals surface area contributed by atoms with Crippen LogP contribution in [0.1, 0.15) is 70.9 Å². The van der Waals surface area contributed by atoms with Crippen molar-refractivity contribution in [1.29, 1.82) is 0 Å². The van der Waals surface area contributed by atoms with Crippen molar-refractivity contribution in [3.8, 4) is 0 Å². The Morgan fingerprint density at radius 1 is 0.722 bits per heavy atom. The monoisotopic (exact) mass is 730 g/mol. The van der Waals surface area contributed by atoms with Crippen LogP contribution in [0.3, 0.4) is 0 Å². The molecule has 3 unspecified atom stereocenters. The summed E-state index contributed by atoms with van der Waals surface area (Å²) in [5.41, 5.74) is 2.16. The number of hydrogen-bond acceptors (Lipinski definition) is 4. The first-order valence-corrected chi connectivity index (χ1v) is 19.7. The molecular formula is C46H58N4O4. The van der Waals surface area contributed by atoms with E-state index in [1.54, 1.807) is 0 Å². The topological polar surface area (TPSA) is 112 Å². The lowest BCUT2D eigenvalue weighted by atomic mass is 9.87. The van der Waals surface area contributed by atoms with Crippen molar-refractivity contribution < 1.29 is 19.5 Å². The molecule has 5 rings (SSSR count). The Morgan fingerprint density at radius 3 is 1.87 bits per heavy atom. The van der Waals surface area contributed by atoms with Crippen molar-refractivity contribution in [1.82, 2.24) is 20.5 Å². The molecule has 0 saturated carbocycles. The third-order valence-electron chi connectivity index (χ3n) is 10.5. The fraction of sp³-hybridized carbons (Fsp3) is 0.413. The number of aliphatic hydroxyl groups excluding tert-OH is 1. The maximum atomic E-state index is 14.6. The van der Waals surface area contributed by atoms with Gasteiger partial charge in [-0.1, -0.05) is 119 Å². The average molecular weight is 731 g/mol. The van der Waals surface area contributed by atoms with E-state index in [0.29, 0.717) is 51.1 Å². The number of amides is 3. The third kappa shape index (κ3) is 11.5. The number of rotatable bonds is 20. The van der Waals surface area contributed by atoms with E-state index in [0.717, 1.165) is 39.1 Å².